The van der Waals surface area contributed by atoms with Crippen LogP contribution in [0.2, 0.25) is 0 Å². The van der Waals surface area contributed by atoms with Gasteiger partial charge in [0.25, 0.3) is 11.5 Å². The van der Waals surface area contributed by atoms with Gasteiger partial charge in [-0.1, -0.05) is 6.07 Å². The Morgan fingerprint density at radius 1 is 1.08 bits per heavy atom. The Balaban J connectivity index is 1.37. The van der Waals surface area contributed by atoms with E-state index in [-0.39, 0.29) is 17.0 Å². The second kappa shape index (κ2) is 11.9. The van der Waals surface area contributed by atoms with E-state index in [1.54, 1.807) is 31.6 Å². The molecule has 248 valence electrons. The summed E-state index contributed by atoms with van der Waals surface area (Å²) in [7, 11) is 3.69. The first-order valence-electron chi connectivity index (χ1n) is 15.4. The van der Waals surface area contributed by atoms with Crippen molar-refractivity contribution >= 4 is 56.6 Å². The molecule has 5 aromatic rings. The van der Waals surface area contributed by atoms with Crippen molar-refractivity contribution in [1.82, 2.24) is 29.9 Å². The molecule has 2 amide bonds. The molecule has 2 aliphatic rings. The Bertz CT molecular complexity index is 2220. The van der Waals surface area contributed by atoms with Crippen LogP contribution < -0.4 is 26.4 Å². The first-order valence-corrected chi connectivity index (χ1v) is 15.4. The number of carbonyl (C=O) groups is 3. The fourth-order valence-corrected chi connectivity index (χ4v) is 7.12. The van der Waals surface area contributed by atoms with Crippen LogP contribution in [-0.4, -0.2) is 95.0 Å². The number of carboxylic acid groups (broad SMARTS) is 1. The topological polar surface area (TPSA) is 164 Å². The van der Waals surface area contributed by atoms with Crippen molar-refractivity contribution < 1.29 is 28.3 Å². The molecule has 0 aliphatic carbocycles. The van der Waals surface area contributed by atoms with Gasteiger partial charge in [-0.15, -0.1) is 0 Å². The van der Waals surface area contributed by atoms with Crippen LogP contribution in [-0.2, 0) is 9.59 Å². The first kappa shape index (κ1) is 31.1. The molecule has 4 aromatic heterocycles. The lowest BCUT2D eigenvalue weighted by Crippen LogP contribution is -2.40. The molecule has 1 aromatic carbocycles. The molecule has 0 bridgehead atoms. The van der Waals surface area contributed by atoms with E-state index < -0.39 is 48.1 Å². The highest BCUT2D eigenvalue weighted by atomic mass is 19.2. The summed E-state index contributed by atoms with van der Waals surface area (Å²) in [6.45, 7) is 1.27. The van der Waals surface area contributed by atoms with Gasteiger partial charge in [-0.25, -0.2) is 13.8 Å². The van der Waals surface area contributed by atoms with Gasteiger partial charge in [0, 0.05) is 67.8 Å². The number of hydrogen-bond donors (Lipinski definition) is 5. The van der Waals surface area contributed by atoms with Crippen LogP contribution in [0.4, 0.5) is 20.2 Å². The van der Waals surface area contributed by atoms with Crippen LogP contribution in [0.5, 0.6) is 0 Å². The van der Waals surface area contributed by atoms with Crippen LogP contribution in [0.1, 0.15) is 16.8 Å². The number of anilines is 2. The van der Waals surface area contributed by atoms with E-state index in [2.05, 4.69) is 42.8 Å². The largest absolute Gasteiger partial charge is 0.480 e. The Labute approximate surface area is 271 Å². The SMILES string of the molecule is CNc1cc(F)c(F)c2c1[nH]c1ncc(-c3ccc4ccc(C(=O)NCC(=O)NCC(=O)O)c(=O)n4c3)c(N3CC[C@H]4CN(C)CC43)c12. The highest BCUT2D eigenvalue weighted by Gasteiger charge is 2.42. The second-order valence-electron chi connectivity index (χ2n) is 12.2. The summed E-state index contributed by atoms with van der Waals surface area (Å²) in [5.41, 5.74) is 2.63. The number of aliphatic carboxylic acids is 1. The van der Waals surface area contributed by atoms with Gasteiger partial charge in [-0.2, -0.15) is 0 Å². The Morgan fingerprint density at radius 2 is 1.88 bits per heavy atom. The summed E-state index contributed by atoms with van der Waals surface area (Å²) in [5.74, 6) is -4.36. The van der Waals surface area contributed by atoms with Crippen molar-refractivity contribution in [3.63, 3.8) is 0 Å². The van der Waals surface area contributed by atoms with Gasteiger partial charge < -0.3 is 35.8 Å². The normalized spacial score (nSPS) is 17.7. The summed E-state index contributed by atoms with van der Waals surface area (Å²) in [5, 5.41) is 16.7. The minimum atomic E-state index is -1.24. The number of likely N-dealkylation sites (N-methyl/N-ethyl adjacent to an activating group) is 1. The monoisotopic (exact) mass is 658 g/mol. The Kier molecular flexibility index (Phi) is 7.70. The number of amides is 2. The number of fused-ring (bicyclic) bond motifs is 5. The first-order chi connectivity index (χ1) is 23.0. The highest BCUT2D eigenvalue weighted by Crippen LogP contribution is 2.46. The summed E-state index contributed by atoms with van der Waals surface area (Å²) in [6.07, 6.45) is 4.16. The van der Waals surface area contributed by atoms with Crippen molar-refractivity contribution in [2.24, 2.45) is 5.92 Å². The van der Waals surface area contributed by atoms with Crippen molar-refractivity contribution in [2.45, 2.75) is 12.5 Å². The number of halogens is 2. The molecular weight excluding hydrogens is 626 g/mol. The Morgan fingerprint density at radius 3 is 2.65 bits per heavy atom. The average molecular weight is 659 g/mol. The van der Waals surface area contributed by atoms with Crippen molar-refractivity contribution in [3.05, 3.63) is 70.3 Å². The second-order valence-corrected chi connectivity index (χ2v) is 12.2. The third kappa shape index (κ3) is 5.15. The quantitative estimate of drug-likeness (QED) is 0.168. The predicted octanol–water partition coefficient (Wildman–Crippen LogP) is 2.39. The summed E-state index contributed by atoms with van der Waals surface area (Å²) in [4.78, 5) is 61.5. The fourth-order valence-electron chi connectivity index (χ4n) is 7.12. The number of rotatable bonds is 8. The van der Waals surface area contributed by atoms with E-state index in [0.29, 0.717) is 57.0 Å². The minimum Gasteiger partial charge on any atom is -0.480 e. The van der Waals surface area contributed by atoms with Gasteiger partial charge in [0.1, 0.15) is 17.8 Å². The van der Waals surface area contributed by atoms with Crippen LogP contribution >= 0.6 is 0 Å². The molecule has 15 heteroatoms. The molecule has 7 rings (SSSR count). The lowest BCUT2D eigenvalue weighted by molar-refractivity contribution is -0.137. The third-order valence-corrected chi connectivity index (χ3v) is 9.30. The zero-order valence-electron chi connectivity index (χ0n) is 26.1. The molecule has 0 saturated carbocycles. The van der Waals surface area contributed by atoms with E-state index in [1.807, 2.05) is 6.07 Å². The molecule has 2 aliphatic heterocycles. The summed E-state index contributed by atoms with van der Waals surface area (Å²) < 4.78 is 32.1. The number of pyridine rings is 3. The molecule has 13 nitrogen and oxygen atoms in total. The molecular formula is C33H32F2N8O5. The van der Waals surface area contributed by atoms with Crippen molar-refractivity contribution in [3.8, 4) is 11.1 Å². The molecule has 2 atom stereocenters. The number of H-pyrrole nitrogens is 1. The molecule has 48 heavy (non-hydrogen) atoms. The molecule has 1 unspecified atom stereocenters. The molecule has 0 spiro atoms. The summed E-state index contributed by atoms with van der Waals surface area (Å²) >= 11 is 0. The predicted molar refractivity (Wildman–Crippen MR) is 175 cm³/mol. The zero-order chi connectivity index (χ0) is 33.9. The molecule has 2 saturated heterocycles. The third-order valence-electron chi connectivity index (χ3n) is 9.30. The summed E-state index contributed by atoms with van der Waals surface area (Å²) in [6, 6.07) is 7.70. The maximum Gasteiger partial charge on any atom is 0.322 e. The van der Waals surface area contributed by atoms with E-state index in [4.69, 9.17) is 5.11 Å². The average Bonchev–Trinajstić information content (AvgIpc) is 3.76. The van der Waals surface area contributed by atoms with Gasteiger partial charge in [0.2, 0.25) is 5.91 Å². The fraction of sp³-hybridized carbons (Fsp3) is 0.303. The number of aromatic amines is 1. The van der Waals surface area contributed by atoms with E-state index in [9.17, 15) is 19.2 Å². The molecule has 6 heterocycles. The van der Waals surface area contributed by atoms with Crippen LogP contribution in [0.3, 0.4) is 0 Å². The van der Waals surface area contributed by atoms with E-state index in [1.165, 1.54) is 10.5 Å². The van der Waals surface area contributed by atoms with E-state index in [0.717, 1.165) is 25.6 Å². The maximum absolute atomic E-state index is 15.8. The molecule has 5 N–H and O–H groups in total. The zero-order valence-corrected chi connectivity index (χ0v) is 26.1. The van der Waals surface area contributed by atoms with Crippen molar-refractivity contribution in [1.29, 1.82) is 0 Å². The van der Waals surface area contributed by atoms with Gasteiger partial charge >= 0.3 is 5.97 Å². The van der Waals surface area contributed by atoms with Gasteiger partial charge in [-0.3, -0.25) is 23.6 Å². The van der Waals surface area contributed by atoms with Crippen LogP contribution in [0.25, 0.3) is 38.6 Å². The number of carbonyl (C=O) groups excluding carboxylic acids is 2. The van der Waals surface area contributed by atoms with Crippen LogP contribution in [0, 0.1) is 17.6 Å². The van der Waals surface area contributed by atoms with Gasteiger partial charge in [0.15, 0.2) is 11.6 Å². The maximum atomic E-state index is 15.8. The van der Waals surface area contributed by atoms with Crippen molar-refractivity contribution in [2.75, 3.05) is 57.0 Å². The number of nitrogens with zero attached hydrogens (tertiary/aromatic N) is 4. The number of nitrogens with one attached hydrogen (secondary N) is 4. The van der Waals surface area contributed by atoms with E-state index >= 15 is 8.78 Å². The number of aromatic nitrogens is 3. The number of carboxylic acids is 1. The lowest BCUT2D eigenvalue weighted by atomic mass is 10.00. The smallest absolute Gasteiger partial charge is 0.322 e. The number of benzene rings is 1. The van der Waals surface area contributed by atoms with Gasteiger partial charge in [-0.05, 0) is 37.6 Å². The standard InChI is InChI=1S/C33H32F2N8O5/c1-36-22-9-21(34)28(35)26-27-30(42-8-7-17-13-41(2)15-23(17)42)20(10-38-31(27)40-29(22)26)16-3-4-18-5-6-19(33(48)43(18)14-16)32(47)39-11-24(44)37-12-25(45)46/h3-6,9-10,14,17,23,36H,7-8,11-13,15H2,1-2H3,(H,37,44)(H,38,40)(H,39,47)(H,45,46)/t17-,23?/m0/s1. The van der Waals surface area contributed by atoms with Crippen LogP contribution in [0.15, 0.2) is 47.5 Å². The number of likely N-dealkylation sites (tertiary alicyclic amines) is 1. The Hall–Kier alpha value is -5.57. The number of hydrogen-bond acceptors (Lipinski definition) is 8. The molecule has 0 radical (unpaired) electrons. The highest BCUT2D eigenvalue weighted by molar-refractivity contribution is 6.18. The lowest BCUT2D eigenvalue weighted by Gasteiger charge is -2.29. The molecule has 2 fully saturated rings. The van der Waals surface area contributed by atoms with Gasteiger partial charge in [0.05, 0.1) is 34.2 Å². The minimum absolute atomic E-state index is 0.0813.